The SMILES string of the molecule is Cc1ccc(Cn2c(C(=O)O)cc3cc(C(=O)NCc4ccccc4)ccc32)c(C)c1. The van der Waals surface area contributed by atoms with Gasteiger partial charge in [-0.1, -0.05) is 54.1 Å². The summed E-state index contributed by atoms with van der Waals surface area (Å²) in [5.74, 6) is -1.18. The molecule has 31 heavy (non-hydrogen) atoms. The number of benzene rings is 3. The number of amides is 1. The predicted molar refractivity (Wildman–Crippen MR) is 122 cm³/mol. The van der Waals surface area contributed by atoms with E-state index in [0.29, 0.717) is 18.7 Å². The number of hydrogen-bond acceptors (Lipinski definition) is 2. The van der Waals surface area contributed by atoms with Crippen LogP contribution in [0.15, 0.2) is 72.8 Å². The summed E-state index contributed by atoms with van der Waals surface area (Å²) in [6.07, 6.45) is 0. The lowest BCUT2D eigenvalue weighted by Crippen LogP contribution is -2.22. The number of rotatable bonds is 6. The Morgan fingerprint density at radius 3 is 2.42 bits per heavy atom. The second kappa shape index (κ2) is 8.48. The third-order valence-electron chi connectivity index (χ3n) is 5.51. The summed E-state index contributed by atoms with van der Waals surface area (Å²) in [4.78, 5) is 24.5. The Kier molecular flexibility index (Phi) is 5.58. The number of nitrogens with zero attached hydrogens (tertiary/aromatic N) is 1. The van der Waals surface area contributed by atoms with Crippen LogP contribution in [0.1, 0.15) is 43.1 Å². The van der Waals surface area contributed by atoms with Gasteiger partial charge in [0.25, 0.3) is 5.91 Å². The van der Waals surface area contributed by atoms with E-state index < -0.39 is 5.97 Å². The monoisotopic (exact) mass is 412 g/mol. The van der Waals surface area contributed by atoms with Crippen LogP contribution in [-0.2, 0) is 13.1 Å². The average molecular weight is 412 g/mol. The van der Waals surface area contributed by atoms with Gasteiger partial charge in [-0.2, -0.15) is 0 Å². The lowest BCUT2D eigenvalue weighted by molar-refractivity contribution is 0.0686. The topological polar surface area (TPSA) is 71.3 Å². The van der Waals surface area contributed by atoms with Crippen LogP contribution < -0.4 is 5.32 Å². The van der Waals surface area contributed by atoms with E-state index in [9.17, 15) is 14.7 Å². The van der Waals surface area contributed by atoms with Gasteiger partial charge >= 0.3 is 5.97 Å². The Balaban J connectivity index is 1.64. The summed E-state index contributed by atoms with van der Waals surface area (Å²) in [5, 5.41) is 13.4. The summed E-state index contributed by atoms with van der Waals surface area (Å²) >= 11 is 0. The number of aryl methyl sites for hydroxylation is 2. The minimum absolute atomic E-state index is 0.190. The summed E-state index contributed by atoms with van der Waals surface area (Å²) in [6.45, 7) is 4.96. The molecule has 2 N–H and O–H groups in total. The zero-order chi connectivity index (χ0) is 22.0. The van der Waals surface area contributed by atoms with Gasteiger partial charge in [0.2, 0.25) is 0 Å². The van der Waals surface area contributed by atoms with E-state index in [1.165, 1.54) is 5.56 Å². The van der Waals surface area contributed by atoms with Gasteiger partial charge in [-0.3, -0.25) is 4.79 Å². The van der Waals surface area contributed by atoms with Gasteiger partial charge in [-0.25, -0.2) is 4.79 Å². The van der Waals surface area contributed by atoms with Crippen molar-refractivity contribution in [1.29, 1.82) is 0 Å². The molecule has 0 unspecified atom stereocenters. The highest BCUT2D eigenvalue weighted by Crippen LogP contribution is 2.24. The van der Waals surface area contributed by atoms with Crippen molar-refractivity contribution in [2.75, 3.05) is 0 Å². The Labute approximate surface area is 181 Å². The Morgan fingerprint density at radius 1 is 0.935 bits per heavy atom. The van der Waals surface area contributed by atoms with Gasteiger partial charge < -0.3 is 15.0 Å². The first kappa shape index (κ1) is 20.4. The van der Waals surface area contributed by atoms with Gasteiger partial charge in [-0.05, 0) is 54.8 Å². The molecule has 0 bridgehead atoms. The number of aromatic nitrogens is 1. The largest absolute Gasteiger partial charge is 0.477 e. The number of hydrogen-bond donors (Lipinski definition) is 2. The van der Waals surface area contributed by atoms with Gasteiger partial charge in [-0.15, -0.1) is 0 Å². The van der Waals surface area contributed by atoms with Gasteiger partial charge in [0, 0.05) is 29.6 Å². The minimum atomic E-state index is -0.990. The number of carbonyl (C=O) groups excluding carboxylic acids is 1. The molecule has 0 radical (unpaired) electrons. The molecule has 1 aromatic heterocycles. The molecular formula is C26H24N2O3. The van der Waals surface area contributed by atoms with E-state index in [2.05, 4.69) is 11.4 Å². The van der Waals surface area contributed by atoms with Crippen molar-refractivity contribution in [2.24, 2.45) is 0 Å². The fraction of sp³-hybridized carbons (Fsp3) is 0.154. The molecule has 0 saturated heterocycles. The molecule has 0 aliphatic carbocycles. The molecule has 1 heterocycles. The Bertz CT molecular complexity index is 1270. The van der Waals surface area contributed by atoms with Crippen molar-refractivity contribution in [1.82, 2.24) is 9.88 Å². The first-order valence-electron chi connectivity index (χ1n) is 10.2. The molecule has 5 nitrogen and oxygen atoms in total. The Morgan fingerprint density at radius 2 is 1.71 bits per heavy atom. The minimum Gasteiger partial charge on any atom is -0.477 e. The maximum absolute atomic E-state index is 12.6. The highest BCUT2D eigenvalue weighted by atomic mass is 16.4. The smallest absolute Gasteiger partial charge is 0.352 e. The van der Waals surface area contributed by atoms with Crippen molar-refractivity contribution >= 4 is 22.8 Å². The molecule has 0 atom stereocenters. The molecule has 0 spiro atoms. The number of fused-ring (bicyclic) bond motifs is 1. The zero-order valence-electron chi connectivity index (χ0n) is 17.6. The van der Waals surface area contributed by atoms with E-state index in [0.717, 1.165) is 27.6 Å². The maximum atomic E-state index is 12.6. The summed E-state index contributed by atoms with van der Waals surface area (Å²) in [7, 11) is 0. The van der Waals surface area contributed by atoms with Crippen LogP contribution in [0.3, 0.4) is 0 Å². The molecule has 156 valence electrons. The van der Waals surface area contributed by atoms with Crippen LogP contribution >= 0.6 is 0 Å². The van der Waals surface area contributed by atoms with Gasteiger partial charge in [0.05, 0.1) is 0 Å². The average Bonchev–Trinajstić information content (AvgIpc) is 3.12. The Hall–Kier alpha value is -3.86. The standard InChI is InChI=1S/C26H24N2O3/c1-17-8-9-21(18(2)12-17)16-28-23-11-10-20(13-22(23)14-24(28)26(30)31)25(29)27-15-19-6-4-3-5-7-19/h3-14H,15-16H2,1-2H3,(H,27,29)(H,30,31). The van der Waals surface area contributed by atoms with Gasteiger partial charge in [0.15, 0.2) is 0 Å². The van der Waals surface area contributed by atoms with Crippen molar-refractivity contribution < 1.29 is 14.7 Å². The van der Waals surface area contributed by atoms with Crippen molar-refractivity contribution in [2.45, 2.75) is 26.9 Å². The first-order chi connectivity index (χ1) is 14.9. The number of nitrogens with one attached hydrogen (secondary N) is 1. The molecule has 4 rings (SSSR count). The fourth-order valence-electron chi connectivity index (χ4n) is 3.83. The van der Waals surface area contributed by atoms with Crippen molar-refractivity contribution in [3.05, 3.63) is 106 Å². The van der Waals surface area contributed by atoms with Crippen molar-refractivity contribution in [3.63, 3.8) is 0 Å². The van der Waals surface area contributed by atoms with Crippen LogP contribution in [0, 0.1) is 13.8 Å². The second-order valence-electron chi connectivity index (χ2n) is 7.79. The highest BCUT2D eigenvalue weighted by Gasteiger charge is 2.17. The van der Waals surface area contributed by atoms with E-state index in [4.69, 9.17) is 0 Å². The number of aromatic carboxylic acids is 1. The van der Waals surface area contributed by atoms with E-state index >= 15 is 0 Å². The molecule has 0 saturated carbocycles. The fourth-order valence-corrected chi connectivity index (χ4v) is 3.83. The lowest BCUT2D eigenvalue weighted by Gasteiger charge is -2.12. The van der Waals surface area contributed by atoms with Crippen LogP contribution in [0.2, 0.25) is 0 Å². The molecule has 3 aromatic carbocycles. The second-order valence-corrected chi connectivity index (χ2v) is 7.79. The normalized spacial score (nSPS) is 10.9. The number of carboxylic acids is 1. The van der Waals surface area contributed by atoms with Crippen molar-refractivity contribution in [3.8, 4) is 0 Å². The molecule has 0 aliphatic rings. The third-order valence-corrected chi connectivity index (χ3v) is 5.51. The molecule has 5 heteroatoms. The van der Waals surface area contributed by atoms with Crippen LogP contribution in [0.5, 0.6) is 0 Å². The molecule has 0 aliphatic heterocycles. The van der Waals surface area contributed by atoms with Crippen LogP contribution in [0.25, 0.3) is 10.9 Å². The first-order valence-corrected chi connectivity index (χ1v) is 10.2. The zero-order valence-corrected chi connectivity index (χ0v) is 17.6. The summed E-state index contributed by atoms with van der Waals surface area (Å²) in [6, 6.07) is 22.8. The molecule has 1 amide bonds. The molecule has 4 aromatic rings. The molecule has 0 fully saturated rings. The highest BCUT2D eigenvalue weighted by molar-refractivity contribution is 6.00. The third kappa shape index (κ3) is 4.36. The lowest BCUT2D eigenvalue weighted by atomic mass is 10.1. The number of carbonyl (C=O) groups is 2. The quantitative estimate of drug-likeness (QED) is 0.471. The van der Waals surface area contributed by atoms with Crippen LogP contribution in [-0.4, -0.2) is 21.6 Å². The maximum Gasteiger partial charge on any atom is 0.352 e. The van der Waals surface area contributed by atoms with E-state index in [1.807, 2.05) is 62.4 Å². The molecular weight excluding hydrogens is 388 g/mol. The summed E-state index contributed by atoms with van der Waals surface area (Å²) in [5.41, 5.74) is 5.87. The van der Waals surface area contributed by atoms with Gasteiger partial charge in [0.1, 0.15) is 5.69 Å². The number of carboxylic acid groups (broad SMARTS) is 1. The van der Waals surface area contributed by atoms with E-state index in [-0.39, 0.29) is 11.6 Å². The predicted octanol–water partition coefficient (Wildman–Crippen LogP) is 4.93. The van der Waals surface area contributed by atoms with E-state index in [1.54, 1.807) is 22.8 Å². The van der Waals surface area contributed by atoms with Crippen LogP contribution in [0.4, 0.5) is 0 Å². The summed E-state index contributed by atoms with van der Waals surface area (Å²) < 4.78 is 1.79.